The smallest absolute Gasteiger partial charge is 0.329 e. The topological polar surface area (TPSA) is 102 Å². The van der Waals surface area contributed by atoms with Gasteiger partial charge in [-0.25, -0.2) is 4.79 Å². The van der Waals surface area contributed by atoms with Crippen molar-refractivity contribution in [2.45, 2.75) is 25.5 Å². The summed E-state index contributed by atoms with van der Waals surface area (Å²) in [5.41, 5.74) is 6.07. The van der Waals surface area contributed by atoms with Crippen molar-refractivity contribution in [3.8, 4) is 0 Å². The second-order valence-electron chi connectivity index (χ2n) is 5.32. The maximum absolute atomic E-state index is 12.2. The molecular weight excluding hydrogens is 334 g/mol. The zero-order valence-corrected chi connectivity index (χ0v) is 14.1. The van der Waals surface area contributed by atoms with Crippen molar-refractivity contribution < 1.29 is 19.1 Å². The number of nitrogens with one attached hydrogen (secondary N) is 1. The Morgan fingerprint density at radius 3 is 2.62 bits per heavy atom. The van der Waals surface area contributed by atoms with Gasteiger partial charge in [0, 0.05) is 6.54 Å². The highest BCUT2D eigenvalue weighted by molar-refractivity contribution is 5.89. The predicted molar refractivity (Wildman–Crippen MR) is 90.3 cm³/mol. The molecule has 2 rings (SSSR count). The molecule has 0 unspecified atom stereocenters. The molecule has 132 valence electrons. The number of halogens is 1. The van der Waals surface area contributed by atoms with Gasteiger partial charge in [-0.15, -0.1) is 12.4 Å². The van der Waals surface area contributed by atoms with Crippen molar-refractivity contribution in [3.05, 3.63) is 35.9 Å². The Morgan fingerprint density at radius 2 is 1.96 bits per heavy atom. The number of nitrogens with zero attached hydrogens (tertiary/aromatic N) is 1. The van der Waals surface area contributed by atoms with Gasteiger partial charge in [-0.2, -0.15) is 0 Å². The summed E-state index contributed by atoms with van der Waals surface area (Å²) < 4.78 is 5.30. The summed E-state index contributed by atoms with van der Waals surface area (Å²) in [5.74, 6) is -1.11. The predicted octanol–water partition coefficient (Wildman–Crippen LogP) is 0.218. The largest absolute Gasteiger partial charge is 0.459 e. The summed E-state index contributed by atoms with van der Waals surface area (Å²) in [4.78, 5) is 36.9. The fourth-order valence-electron chi connectivity index (χ4n) is 2.48. The lowest BCUT2D eigenvalue weighted by molar-refractivity contribution is -0.154. The molecule has 2 amide bonds. The molecule has 1 aliphatic heterocycles. The average molecular weight is 356 g/mol. The van der Waals surface area contributed by atoms with E-state index >= 15 is 0 Å². The van der Waals surface area contributed by atoms with E-state index in [2.05, 4.69) is 5.32 Å². The van der Waals surface area contributed by atoms with Gasteiger partial charge >= 0.3 is 5.97 Å². The molecule has 8 heteroatoms. The average Bonchev–Trinajstić information content (AvgIpc) is 3.08. The third-order valence-corrected chi connectivity index (χ3v) is 3.69. The van der Waals surface area contributed by atoms with Crippen LogP contribution in [0.25, 0.3) is 0 Å². The van der Waals surface area contributed by atoms with E-state index in [1.807, 2.05) is 30.3 Å². The van der Waals surface area contributed by atoms with Crippen LogP contribution in [-0.2, 0) is 25.7 Å². The molecule has 1 aliphatic rings. The van der Waals surface area contributed by atoms with Crippen molar-refractivity contribution >= 4 is 30.2 Å². The number of likely N-dealkylation sites (tertiary alicyclic amines) is 1. The van der Waals surface area contributed by atoms with E-state index in [1.165, 1.54) is 4.90 Å². The van der Waals surface area contributed by atoms with Crippen molar-refractivity contribution in [2.75, 3.05) is 19.6 Å². The molecule has 0 saturated carbocycles. The molecule has 1 heterocycles. The van der Waals surface area contributed by atoms with Crippen LogP contribution in [0.5, 0.6) is 0 Å². The number of esters is 1. The second kappa shape index (κ2) is 9.89. The van der Waals surface area contributed by atoms with E-state index in [9.17, 15) is 14.4 Å². The zero-order valence-electron chi connectivity index (χ0n) is 13.3. The van der Waals surface area contributed by atoms with E-state index in [-0.39, 0.29) is 38.0 Å². The van der Waals surface area contributed by atoms with Gasteiger partial charge in [0.1, 0.15) is 12.6 Å². The molecule has 7 nitrogen and oxygen atoms in total. The molecule has 0 bridgehead atoms. The third-order valence-electron chi connectivity index (χ3n) is 3.69. The first-order valence-electron chi connectivity index (χ1n) is 7.58. The van der Waals surface area contributed by atoms with Crippen LogP contribution in [0.2, 0.25) is 0 Å². The number of nitrogens with two attached hydrogens (primary N) is 1. The van der Waals surface area contributed by atoms with Gasteiger partial charge in [-0.05, 0) is 18.4 Å². The first-order chi connectivity index (χ1) is 11.1. The fraction of sp³-hybridized carbons (Fsp3) is 0.438. The molecule has 0 aromatic heterocycles. The zero-order chi connectivity index (χ0) is 16.7. The molecule has 0 spiro atoms. The lowest BCUT2D eigenvalue weighted by Crippen LogP contribution is -2.46. The molecule has 1 aromatic rings. The van der Waals surface area contributed by atoms with E-state index < -0.39 is 17.9 Å². The van der Waals surface area contributed by atoms with Crippen LogP contribution in [0.4, 0.5) is 0 Å². The quantitative estimate of drug-likeness (QED) is 0.711. The Morgan fingerprint density at radius 1 is 1.25 bits per heavy atom. The molecule has 1 fully saturated rings. The summed E-state index contributed by atoms with van der Waals surface area (Å²) in [7, 11) is 0. The first kappa shape index (κ1) is 19.9. The number of amides is 2. The van der Waals surface area contributed by atoms with E-state index in [0.717, 1.165) is 12.0 Å². The second-order valence-corrected chi connectivity index (χ2v) is 5.32. The third kappa shape index (κ3) is 5.50. The van der Waals surface area contributed by atoms with Crippen LogP contribution < -0.4 is 11.1 Å². The molecule has 1 aromatic carbocycles. The van der Waals surface area contributed by atoms with Gasteiger partial charge in [0.2, 0.25) is 11.8 Å². The molecule has 3 N–H and O–H groups in total. The summed E-state index contributed by atoms with van der Waals surface area (Å²) in [6, 6.07) is 8.78. The Kier molecular flexibility index (Phi) is 8.21. The maximum atomic E-state index is 12.2. The van der Waals surface area contributed by atoms with Gasteiger partial charge in [0.15, 0.2) is 0 Å². The van der Waals surface area contributed by atoms with Gasteiger partial charge in [-0.1, -0.05) is 30.3 Å². The van der Waals surface area contributed by atoms with Crippen LogP contribution in [0, 0.1) is 0 Å². The van der Waals surface area contributed by atoms with Crippen molar-refractivity contribution in [1.82, 2.24) is 10.2 Å². The highest BCUT2D eigenvalue weighted by Gasteiger charge is 2.35. The van der Waals surface area contributed by atoms with E-state index in [0.29, 0.717) is 13.0 Å². The van der Waals surface area contributed by atoms with E-state index in [4.69, 9.17) is 10.5 Å². The number of ether oxygens (including phenoxy) is 1. The SMILES string of the molecule is Cl.NCC(=O)NCC(=O)N1CCC[C@H]1C(=O)OCc1ccccc1. The van der Waals surface area contributed by atoms with Crippen molar-refractivity contribution in [1.29, 1.82) is 0 Å². The number of rotatable bonds is 6. The van der Waals surface area contributed by atoms with Crippen LogP contribution in [0.15, 0.2) is 30.3 Å². The molecule has 0 radical (unpaired) electrons. The molecule has 1 atom stereocenters. The Balaban J connectivity index is 0.00000288. The van der Waals surface area contributed by atoms with Crippen LogP contribution in [0.3, 0.4) is 0 Å². The minimum atomic E-state index is -0.582. The number of hydrogen-bond donors (Lipinski definition) is 2. The standard InChI is InChI=1S/C16H21N3O4.ClH/c17-9-14(20)18-10-15(21)19-8-4-7-13(19)16(22)23-11-12-5-2-1-3-6-12;/h1-3,5-6,13H,4,7-11,17H2,(H,18,20);1H/t13-;/m0./s1. The number of hydrogen-bond acceptors (Lipinski definition) is 5. The van der Waals surface area contributed by atoms with Gasteiger partial charge in [-0.3, -0.25) is 9.59 Å². The summed E-state index contributed by atoms with van der Waals surface area (Å²) in [6.45, 7) is 0.346. The van der Waals surface area contributed by atoms with Crippen LogP contribution >= 0.6 is 12.4 Å². The molecule has 1 saturated heterocycles. The van der Waals surface area contributed by atoms with Gasteiger partial charge < -0.3 is 20.7 Å². The Labute approximate surface area is 146 Å². The highest BCUT2D eigenvalue weighted by Crippen LogP contribution is 2.19. The normalized spacial score (nSPS) is 16.2. The maximum Gasteiger partial charge on any atom is 0.329 e. The first-order valence-corrected chi connectivity index (χ1v) is 7.58. The van der Waals surface area contributed by atoms with E-state index in [1.54, 1.807) is 0 Å². The fourth-order valence-corrected chi connectivity index (χ4v) is 2.48. The lowest BCUT2D eigenvalue weighted by Gasteiger charge is -2.23. The number of carbonyl (C=O) groups is 3. The number of benzene rings is 1. The van der Waals surface area contributed by atoms with Crippen molar-refractivity contribution in [3.63, 3.8) is 0 Å². The summed E-state index contributed by atoms with van der Waals surface area (Å²) in [5, 5.41) is 2.42. The highest BCUT2D eigenvalue weighted by atomic mass is 35.5. The molecular formula is C16H22ClN3O4. The number of carbonyl (C=O) groups excluding carboxylic acids is 3. The molecule has 24 heavy (non-hydrogen) atoms. The molecule has 0 aliphatic carbocycles. The van der Waals surface area contributed by atoms with Crippen LogP contribution in [-0.4, -0.2) is 48.4 Å². The lowest BCUT2D eigenvalue weighted by atomic mass is 10.2. The van der Waals surface area contributed by atoms with Gasteiger partial charge in [0.05, 0.1) is 13.1 Å². The van der Waals surface area contributed by atoms with Gasteiger partial charge in [0.25, 0.3) is 0 Å². The summed E-state index contributed by atoms with van der Waals surface area (Å²) >= 11 is 0. The Hall–Kier alpha value is -2.12. The minimum absolute atomic E-state index is 0. The Bertz CT molecular complexity index is 568. The van der Waals surface area contributed by atoms with Crippen molar-refractivity contribution in [2.24, 2.45) is 5.73 Å². The van der Waals surface area contributed by atoms with Crippen LogP contribution in [0.1, 0.15) is 18.4 Å². The monoisotopic (exact) mass is 355 g/mol. The summed E-state index contributed by atoms with van der Waals surface area (Å²) in [6.07, 6.45) is 1.31. The minimum Gasteiger partial charge on any atom is -0.459 e.